The van der Waals surface area contributed by atoms with Crippen LogP contribution in [0.1, 0.15) is 15.9 Å². The van der Waals surface area contributed by atoms with Crippen LogP contribution in [0.25, 0.3) is 10.2 Å². The van der Waals surface area contributed by atoms with Crippen molar-refractivity contribution in [1.82, 2.24) is 20.7 Å². The van der Waals surface area contributed by atoms with Gasteiger partial charge in [-0.3, -0.25) is 25.2 Å². The van der Waals surface area contributed by atoms with E-state index in [4.69, 9.17) is 0 Å². The highest BCUT2D eigenvalue weighted by Gasteiger charge is 2.23. The second-order valence-corrected chi connectivity index (χ2v) is 9.71. The van der Waals surface area contributed by atoms with E-state index in [9.17, 15) is 14.4 Å². The molecule has 3 amide bonds. The lowest BCUT2D eigenvalue weighted by atomic mass is 10.1. The summed E-state index contributed by atoms with van der Waals surface area (Å²) in [5.41, 5.74) is 7.25. The lowest BCUT2D eigenvalue weighted by Gasteiger charge is -2.14. The topological polar surface area (TPSA) is 91.4 Å². The fourth-order valence-corrected chi connectivity index (χ4v) is 5.69. The number of nitrogens with zero attached hydrogens (tertiary/aromatic N) is 2. The minimum absolute atomic E-state index is 0.0615. The van der Waals surface area contributed by atoms with E-state index in [2.05, 4.69) is 21.9 Å². The lowest BCUT2D eigenvalue weighted by Crippen LogP contribution is -2.46. The number of nitrogens with one attached hydrogen (secondary N) is 2. The molecule has 1 aliphatic rings. The Bertz CT molecular complexity index is 1050. The Morgan fingerprint density at radius 2 is 1.90 bits per heavy atom. The average Bonchev–Trinajstić information content (AvgIpc) is 3.36. The van der Waals surface area contributed by atoms with Crippen molar-refractivity contribution in [2.24, 2.45) is 0 Å². The summed E-state index contributed by atoms with van der Waals surface area (Å²) in [6.07, 6.45) is 0. The van der Waals surface area contributed by atoms with Crippen molar-refractivity contribution in [3.8, 4) is 0 Å². The van der Waals surface area contributed by atoms with E-state index in [1.165, 1.54) is 21.4 Å². The van der Waals surface area contributed by atoms with E-state index >= 15 is 0 Å². The van der Waals surface area contributed by atoms with Gasteiger partial charge in [-0.15, -0.1) is 23.1 Å². The smallest absolute Gasteiger partial charge is 0.269 e. The van der Waals surface area contributed by atoms with Crippen LogP contribution in [-0.2, 0) is 15.3 Å². The van der Waals surface area contributed by atoms with Crippen LogP contribution in [0.4, 0.5) is 0 Å². The van der Waals surface area contributed by atoms with Crippen molar-refractivity contribution in [3.63, 3.8) is 0 Å². The van der Waals surface area contributed by atoms with Gasteiger partial charge in [0.05, 0.1) is 21.8 Å². The zero-order valence-electron chi connectivity index (χ0n) is 15.8. The van der Waals surface area contributed by atoms with E-state index in [0.29, 0.717) is 17.2 Å². The van der Waals surface area contributed by atoms with Gasteiger partial charge in [0.25, 0.3) is 11.8 Å². The Hall–Kier alpha value is -2.56. The molecule has 0 spiro atoms. The predicted octanol–water partition coefficient (Wildman–Crippen LogP) is 2.88. The van der Waals surface area contributed by atoms with Gasteiger partial charge in [-0.05, 0) is 29.8 Å². The molecule has 0 aliphatic carbocycles. The quantitative estimate of drug-likeness (QED) is 0.436. The number of fused-ring (bicyclic) bond motifs is 1. The van der Waals surface area contributed by atoms with Crippen LogP contribution in [0.2, 0.25) is 0 Å². The zero-order chi connectivity index (χ0) is 20.9. The van der Waals surface area contributed by atoms with E-state index in [1.54, 1.807) is 35.2 Å². The molecule has 0 bridgehead atoms. The number of carbonyl (C=O) groups excluding carboxylic acids is 3. The number of para-hydroxylation sites is 1. The molecule has 1 fully saturated rings. The third-order valence-electron chi connectivity index (χ3n) is 4.33. The molecule has 4 rings (SSSR count). The molecule has 7 nitrogen and oxygen atoms in total. The zero-order valence-corrected chi connectivity index (χ0v) is 18.2. The Labute approximate surface area is 185 Å². The summed E-state index contributed by atoms with van der Waals surface area (Å²) in [5.74, 6) is 0.736. The van der Waals surface area contributed by atoms with Crippen molar-refractivity contribution in [2.75, 3.05) is 18.2 Å². The van der Waals surface area contributed by atoms with Gasteiger partial charge in [0.15, 0.2) is 4.34 Å². The van der Waals surface area contributed by atoms with Gasteiger partial charge in [0.1, 0.15) is 6.54 Å². The third kappa shape index (κ3) is 5.13. The number of thioether (sulfide) groups is 2. The second-order valence-electron chi connectivity index (χ2n) is 6.50. The van der Waals surface area contributed by atoms with Gasteiger partial charge in [-0.1, -0.05) is 36.0 Å². The molecule has 154 valence electrons. The second kappa shape index (κ2) is 9.50. The molecular formula is C20H18N4O3S3. The number of amides is 3. The molecule has 2 N–H and O–H groups in total. The van der Waals surface area contributed by atoms with Gasteiger partial charge in [0.2, 0.25) is 5.91 Å². The first kappa shape index (κ1) is 20.7. The van der Waals surface area contributed by atoms with E-state index < -0.39 is 11.8 Å². The summed E-state index contributed by atoms with van der Waals surface area (Å²) in [6, 6.07) is 15.3. The highest BCUT2D eigenvalue weighted by atomic mass is 32.2. The molecular weight excluding hydrogens is 440 g/mol. The summed E-state index contributed by atoms with van der Waals surface area (Å²) in [5, 5.41) is 0. The molecule has 3 aromatic rings. The normalized spacial score (nSPS) is 13.6. The van der Waals surface area contributed by atoms with E-state index in [-0.39, 0.29) is 12.5 Å². The van der Waals surface area contributed by atoms with Crippen LogP contribution in [0.15, 0.2) is 52.9 Å². The first-order chi connectivity index (χ1) is 14.6. The van der Waals surface area contributed by atoms with Crippen LogP contribution in [0, 0.1) is 0 Å². The van der Waals surface area contributed by atoms with Crippen molar-refractivity contribution in [3.05, 3.63) is 59.7 Å². The summed E-state index contributed by atoms with van der Waals surface area (Å²) >= 11 is 4.79. The standard InChI is InChI=1S/C20H18N4O3S3/c25-17(9-24-12-28-11-18(24)26)22-23-19(27)14-7-5-13(6-8-14)10-29-20-21-15-3-1-2-4-16(15)30-20/h1-8H,9-12H2,(H,22,25)(H,23,27). The number of rotatable bonds is 6. The molecule has 0 saturated carbocycles. The van der Waals surface area contributed by atoms with Gasteiger partial charge in [-0.2, -0.15) is 0 Å². The Morgan fingerprint density at radius 1 is 1.10 bits per heavy atom. The maximum Gasteiger partial charge on any atom is 0.269 e. The third-order valence-corrected chi connectivity index (χ3v) is 7.52. The van der Waals surface area contributed by atoms with Gasteiger partial charge in [0, 0.05) is 11.3 Å². The first-order valence-electron chi connectivity index (χ1n) is 9.10. The van der Waals surface area contributed by atoms with E-state index in [1.807, 2.05) is 30.3 Å². The minimum Gasteiger partial charge on any atom is -0.323 e. The number of aromatic nitrogens is 1. The van der Waals surface area contributed by atoms with Crippen molar-refractivity contribution in [1.29, 1.82) is 0 Å². The van der Waals surface area contributed by atoms with E-state index in [0.717, 1.165) is 21.2 Å². The van der Waals surface area contributed by atoms with Gasteiger partial charge >= 0.3 is 0 Å². The molecule has 1 aliphatic heterocycles. The lowest BCUT2D eigenvalue weighted by molar-refractivity contribution is -0.132. The molecule has 10 heteroatoms. The van der Waals surface area contributed by atoms with Gasteiger partial charge in [-0.25, -0.2) is 4.98 Å². The monoisotopic (exact) mass is 458 g/mol. The maximum atomic E-state index is 12.2. The van der Waals surface area contributed by atoms with Crippen LogP contribution < -0.4 is 10.9 Å². The molecule has 2 heterocycles. The average molecular weight is 459 g/mol. The van der Waals surface area contributed by atoms with Crippen LogP contribution in [-0.4, -0.2) is 45.8 Å². The number of hydrogen-bond acceptors (Lipinski definition) is 7. The van der Waals surface area contributed by atoms with Crippen molar-refractivity contribution >= 4 is 62.8 Å². The summed E-state index contributed by atoms with van der Waals surface area (Å²) in [4.78, 5) is 41.7. The molecule has 1 saturated heterocycles. The number of benzene rings is 2. The van der Waals surface area contributed by atoms with Crippen LogP contribution in [0.5, 0.6) is 0 Å². The van der Waals surface area contributed by atoms with Crippen LogP contribution >= 0.6 is 34.9 Å². The Kier molecular flexibility index (Phi) is 6.56. The molecule has 0 atom stereocenters. The van der Waals surface area contributed by atoms with Gasteiger partial charge < -0.3 is 4.90 Å². The molecule has 2 aromatic carbocycles. The fourth-order valence-electron chi connectivity index (χ4n) is 2.76. The maximum absolute atomic E-state index is 12.2. The number of hydrogen-bond donors (Lipinski definition) is 2. The fraction of sp³-hybridized carbons (Fsp3) is 0.200. The number of carbonyl (C=O) groups is 3. The molecule has 0 radical (unpaired) electrons. The van der Waals surface area contributed by atoms with Crippen LogP contribution in [0.3, 0.4) is 0 Å². The van der Waals surface area contributed by atoms with Crippen molar-refractivity contribution in [2.45, 2.75) is 10.1 Å². The molecule has 0 unspecified atom stereocenters. The highest BCUT2D eigenvalue weighted by Crippen LogP contribution is 2.31. The predicted molar refractivity (Wildman–Crippen MR) is 120 cm³/mol. The summed E-state index contributed by atoms with van der Waals surface area (Å²) in [7, 11) is 0. The van der Waals surface area contributed by atoms with Crippen molar-refractivity contribution < 1.29 is 14.4 Å². The minimum atomic E-state index is -0.428. The summed E-state index contributed by atoms with van der Waals surface area (Å²) < 4.78 is 2.18. The highest BCUT2D eigenvalue weighted by molar-refractivity contribution is 8.00. The SMILES string of the molecule is O=C(CN1CSCC1=O)NNC(=O)c1ccc(CSc2nc3ccccc3s2)cc1. The Morgan fingerprint density at radius 3 is 2.63 bits per heavy atom. The largest absolute Gasteiger partial charge is 0.323 e. The summed E-state index contributed by atoms with van der Waals surface area (Å²) in [6.45, 7) is -0.0615. The molecule has 30 heavy (non-hydrogen) atoms. The number of thiazole rings is 1. The Balaban J connectivity index is 1.25. The first-order valence-corrected chi connectivity index (χ1v) is 12.1. The number of hydrazine groups is 1. The molecule has 1 aromatic heterocycles.